The average molecular weight is 375 g/mol. The van der Waals surface area contributed by atoms with E-state index in [0.29, 0.717) is 17.4 Å². The van der Waals surface area contributed by atoms with Gasteiger partial charge < -0.3 is 10.6 Å². The van der Waals surface area contributed by atoms with Crippen LogP contribution in [0.2, 0.25) is 0 Å². The Morgan fingerprint density at radius 2 is 1.93 bits per heavy atom. The number of hydrogen-bond acceptors (Lipinski definition) is 3. The van der Waals surface area contributed by atoms with E-state index < -0.39 is 23.3 Å². The normalized spacial score (nSPS) is 31.0. The monoisotopic (exact) mass is 375 g/mol. The third-order valence-corrected chi connectivity index (χ3v) is 6.05. The van der Waals surface area contributed by atoms with Gasteiger partial charge >= 0.3 is 6.03 Å². The van der Waals surface area contributed by atoms with Gasteiger partial charge in [-0.3, -0.25) is 14.5 Å². The summed E-state index contributed by atoms with van der Waals surface area (Å²) in [6.07, 6.45) is 3.11. The van der Waals surface area contributed by atoms with Crippen LogP contribution in [0.3, 0.4) is 0 Å². The molecule has 1 aliphatic heterocycles. The number of hydrogen-bond donors (Lipinski definition) is 2. The summed E-state index contributed by atoms with van der Waals surface area (Å²) in [6.45, 7) is 5.53. The summed E-state index contributed by atoms with van der Waals surface area (Å²) in [5.74, 6) is -0.392. The zero-order chi connectivity index (χ0) is 19.8. The summed E-state index contributed by atoms with van der Waals surface area (Å²) in [5, 5.41) is 5.60. The highest BCUT2D eigenvalue weighted by atomic mass is 19.1. The summed E-state index contributed by atoms with van der Waals surface area (Å²) in [7, 11) is 0. The Kier molecular flexibility index (Phi) is 5.22. The third kappa shape index (κ3) is 3.68. The molecule has 2 aliphatic rings. The zero-order valence-corrected chi connectivity index (χ0v) is 15.9. The molecule has 1 saturated carbocycles. The Morgan fingerprint density at radius 3 is 2.59 bits per heavy atom. The van der Waals surface area contributed by atoms with Gasteiger partial charge in [0.25, 0.3) is 5.91 Å². The Hall–Kier alpha value is -2.44. The van der Waals surface area contributed by atoms with E-state index in [4.69, 9.17) is 0 Å². The fourth-order valence-corrected chi connectivity index (χ4v) is 4.00. The average Bonchev–Trinajstić information content (AvgIpc) is 2.83. The molecule has 6 nitrogen and oxygen atoms in total. The van der Waals surface area contributed by atoms with E-state index in [1.807, 2.05) is 0 Å². The van der Waals surface area contributed by atoms with E-state index in [2.05, 4.69) is 24.5 Å². The topological polar surface area (TPSA) is 78.5 Å². The van der Waals surface area contributed by atoms with E-state index in [0.717, 1.165) is 24.2 Å². The molecular weight excluding hydrogens is 349 g/mol. The van der Waals surface area contributed by atoms with Gasteiger partial charge in [0, 0.05) is 6.04 Å². The van der Waals surface area contributed by atoms with Gasteiger partial charge in [-0.1, -0.05) is 38.8 Å². The number of carbonyl (C=O) groups is 3. The first kappa shape index (κ1) is 19.3. The number of benzene rings is 1. The molecule has 7 heteroatoms. The van der Waals surface area contributed by atoms with Crippen LogP contribution in [0.5, 0.6) is 0 Å². The predicted molar refractivity (Wildman–Crippen MR) is 98.1 cm³/mol. The number of urea groups is 1. The number of carbonyl (C=O) groups excluding carboxylic acids is 3. The van der Waals surface area contributed by atoms with Crippen molar-refractivity contribution in [3.05, 3.63) is 35.6 Å². The lowest BCUT2D eigenvalue weighted by atomic mass is 9.78. The summed E-state index contributed by atoms with van der Waals surface area (Å²) in [6, 6.07) is 4.84. The molecule has 2 fully saturated rings. The molecule has 0 radical (unpaired) electrons. The second-order valence-electron chi connectivity index (χ2n) is 7.89. The summed E-state index contributed by atoms with van der Waals surface area (Å²) in [4.78, 5) is 38.6. The highest BCUT2D eigenvalue weighted by Crippen LogP contribution is 2.30. The maximum atomic E-state index is 13.2. The quantitative estimate of drug-likeness (QED) is 0.794. The molecule has 146 valence electrons. The molecule has 1 aromatic rings. The van der Waals surface area contributed by atoms with Gasteiger partial charge in [0.1, 0.15) is 17.9 Å². The van der Waals surface area contributed by atoms with Gasteiger partial charge in [-0.05, 0) is 42.9 Å². The number of rotatable bonds is 4. The molecule has 0 spiro atoms. The van der Waals surface area contributed by atoms with E-state index >= 15 is 0 Å². The van der Waals surface area contributed by atoms with Crippen LogP contribution in [0.1, 0.15) is 45.6 Å². The van der Waals surface area contributed by atoms with Gasteiger partial charge in [-0.25, -0.2) is 9.18 Å². The van der Waals surface area contributed by atoms with Crippen molar-refractivity contribution >= 4 is 17.8 Å². The fourth-order valence-electron chi connectivity index (χ4n) is 4.00. The summed E-state index contributed by atoms with van der Waals surface area (Å²) >= 11 is 0. The first-order chi connectivity index (χ1) is 12.7. The van der Waals surface area contributed by atoms with Crippen LogP contribution in [0.4, 0.5) is 9.18 Å². The minimum atomic E-state index is -1.31. The van der Waals surface area contributed by atoms with Crippen molar-refractivity contribution in [3.63, 3.8) is 0 Å². The van der Waals surface area contributed by atoms with Crippen molar-refractivity contribution in [2.75, 3.05) is 6.54 Å². The summed E-state index contributed by atoms with van der Waals surface area (Å²) < 4.78 is 13.2. The fraction of sp³-hybridized carbons (Fsp3) is 0.550. The Morgan fingerprint density at radius 1 is 1.26 bits per heavy atom. The first-order valence-electron chi connectivity index (χ1n) is 9.42. The lowest BCUT2D eigenvalue weighted by Crippen LogP contribution is -2.48. The van der Waals surface area contributed by atoms with Crippen LogP contribution in [0.25, 0.3) is 0 Å². The molecule has 27 heavy (non-hydrogen) atoms. The molecule has 2 N–H and O–H groups in total. The Balaban J connectivity index is 1.68. The standard InChI is InChI=1S/C20H26FN3O3/c1-12-5-4-6-16(13(12)2)22-17(25)11-24-18(26)20(3,23-19(24)27)14-7-9-15(21)10-8-14/h7-10,12-13,16H,4-6,11H2,1-3H3,(H,22,25)(H,23,27). The lowest BCUT2D eigenvalue weighted by Gasteiger charge is -2.34. The molecular formula is C20H26FN3O3. The van der Waals surface area contributed by atoms with Gasteiger partial charge in [0.2, 0.25) is 5.91 Å². The Labute approximate surface area is 158 Å². The van der Waals surface area contributed by atoms with Crippen LogP contribution in [-0.4, -0.2) is 35.3 Å². The van der Waals surface area contributed by atoms with Crippen molar-refractivity contribution in [1.29, 1.82) is 0 Å². The predicted octanol–water partition coefficient (Wildman–Crippen LogP) is 2.53. The minimum absolute atomic E-state index is 0.0606. The highest BCUT2D eigenvalue weighted by Gasteiger charge is 2.49. The molecule has 1 aliphatic carbocycles. The van der Waals surface area contributed by atoms with Crippen molar-refractivity contribution in [1.82, 2.24) is 15.5 Å². The van der Waals surface area contributed by atoms with Gasteiger partial charge in [0.05, 0.1) is 0 Å². The van der Waals surface area contributed by atoms with E-state index in [-0.39, 0.29) is 18.5 Å². The van der Waals surface area contributed by atoms with Crippen molar-refractivity contribution in [2.45, 2.75) is 51.6 Å². The molecule has 1 saturated heterocycles. The number of nitrogens with zero attached hydrogens (tertiary/aromatic N) is 1. The number of amides is 4. The first-order valence-corrected chi connectivity index (χ1v) is 9.42. The van der Waals surface area contributed by atoms with E-state index in [1.54, 1.807) is 6.92 Å². The van der Waals surface area contributed by atoms with Gasteiger partial charge in [-0.2, -0.15) is 0 Å². The smallest absolute Gasteiger partial charge is 0.325 e. The van der Waals surface area contributed by atoms with Crippen molar-refractivity contribution in [2.24, 2.45) is 11.8 Å². The minimum Gasteiger partial charge on any atom is -0.352 e. The molecule has 4 amide bonds. The van der Waals surface area contributed by atoms with Crippen molar-refractivity contribution < 1.29 is 18.8 Å². The SMILES string of the molecule is CC1CCCC(NC(=O)CN2C(=O)NC(C)(c3ccc(F)cc3)C2=O)C1C. The van der Waals surface area contributed by atoms with E-state index in [1.165, 1.54) is 24.3 Å². The molecule has 1 aromatic carbocycles. The third-order valence-electron chi connectivity index (χ3n) is 6.05. The Bertz CT molecular complexity index is 751. The molecule has 4 atom stereocenters. The molecule has 1 heterocycles. The molecule has 4 unspecified atom stereocenters. The second kappa shape index (κ2) is 7.29. The second-order valence-corrected chi connectivity index (χ2v) is 7.89. The maximum Gasteiger partial charge on any atom is 0.325 e. The highest BCUT2D eigenvalue weighted by molar-refractivity contribution is 6.09. The van der Waals surface area contributed by atoms with Crippen molar-refractivity contribution in [3.8, 4) is 0 Å². The largest absolute Gasteiger partial charge is 0.352 e. The van der Waals surface area contributed by atoms with Gasteiger partial charge in [0.15, 0.2) is 0 Å². The molecule has 3 rings (SSSR count). The van der Waals surface area contributed by atoms with Crippen LogP contribution in [-0.2, 0) is 15.1 Å². The lowest BCUT2D eigenvalue weighted by molar-refractivity contribution is -0.135. The van der Waals surface area contributed by atoms with Gasteiger partial charge in [-0.15, -0.1) is 0 Å². The number of halogens is 1. The maximum absolute atomic E-state index is 13.2. The molecule has 0 aromatic heterocycles. The van der Waals surface area contributed by atoms with Crippen LogP contribution in [0.15, 0.2) is 24.3 Å². The summed E-state index contributed by atoms with van der Waals surface area (Å²) in [5.41, 5.74) is -0.836. The van der Waals surface area contributed by atoms with Crippen LogP contribution in [0, 0.1) is 17.7 Å². The molecule has 0 bridgehead atoms. The van der Waals surface area contributed by atoms with E-state index in [9.17, 15) is 18.8 Å². The van der Waals surface area contributed by atoms with Crippen LogP contribution < -0.4 is 10.6 Å². The number of nitrogens with one attached hydrogen (secondary N) is 2. The number of imide groups is 1. The van der Waals surface area contributed by atoms with Crippen LogP contribution >= 0.6 is 0 Å². The zero-order valence-electron chi connectivity index (χ0n) is 15.9.